The average molecular weight is 918 g/mol. The first kappa shape index (κ1) is 39.9. The molecule has 0 aliphatic heterocycles. The Balaban J connectivity index is 0.000000189. The molecule has 0 saturated carbocycles. The van der Waals surface area contributed by atoms with Gasteiger partial charge in [-0.25, -0.2) is 19.6 Å². The summed E-state index contributed by atoms with van der Waals surface area (Å²) in [7, 11) is 1.35. The fourth-order valence-corrected chi connectivity index (χ4v) is 8.12. The molecule has 0 aliphatic carbocycles. The minimum Gasteiger partial charge on any atom is -0.478 e. The number of rotatable bonds is 7. The zero-order chi connectivity index (χ0) is 38.7. The molecule has 0 saturated heterocycles. The van der Waals surface area contributed by atoms with Gasteiger partial charge in [-0.05, 0) is 83.0 Å². The Kier molecular flexibility index (Phi) is 12.8. The Morgan fingerprint density at radius 1 is 0.611 bits per heavy atom. The van der Waals surface area contributed by atoms with Gasteiger partial charge >= 0.3 is 11.9 Å². The molecule has 2 aromatic heterocycles. The number of aryl methyl sites for hydroxylation is 1. The minimum absolute atomic E-state index is 0.172. The molecule has 1 N–H and O–H groups in total. The maximum Gasteiger partial charge on any atom is 0.339 e. The van der Waals surface area contributed by atoms with Crippen molar-refractivity contribution in [3.05, 3.63) is 148 Å². The lowest BCUT2D eigenvalue weighted by Gasteiger charge is -2.11. The summed E-state index contributed by atoms with van der Waals surface area (Å²) in [5, 5.41) is 17.6. The summed E-state index contributed by atoms with van der Waals surface area (Å²) in [6, 6.07) is 27.0. The van der Waals surface area contributed by atoms with Crippen molar-refractivity contribution in [2.24, 2.45) is 0 Å². The number of nitrogens with zero attached hydrogens (tertiary/aromatic N) is 2. The van der Waals surface area contributed by atoms with Crippen molar-refractivity contribution in [2.75, 3.05) is 7.11 Å². The Hall–Kier alpha value is -3.77. The third-order valence-corrected chi connectivity index (χ3v) is 12.2. The van der Waals surface area contributed by atoms with Crippen LogP contribution in [-0.4, -0.2) is 34.1 Å². The summed E-state index contributed by atoms with van der Waals surface area (Å²) in [4.78, 5) is 33.1. The molecule has 0 bridgehead atoms. The van der Waals surface area contributed by atoms with E-state index in [4.69, 9.17) is 62.7 Å². The third kappa shape index (κ3) is 9.02. The molecule has 0 amide bonds. The van der Waals surface area contributed by atoms with E-state index in [1.807, 2.05) is 60.1 Å². The lowest BCUT2D eigenvalue weighted by atomic mass is 9.96. The number of methoxy groups -OCH3 is 1. The van der Waals surface area contributed by atoms with Crippen LogP contribution in [0, 0.1) is 6.92 Å². The van der Waals surface area contributed by atoms with Crippen molar-refractivity contribution in [2.45, 2.75) is 6.92 Å². The number of carbonyl (C=O) groups is 2. The van der Waals surface area contributed by atoms with E-state index >= 15 is 0 Å². The van der Waals surface area contributed by atoms with Crippen LogP contribution in [0.5, 0.6) is 0 Å². The second kappa shape index (κ2) is 17.4. The first-order chi connectivity index (χ1) is 25.8. The zero-order valence-electron chi connectivity index (χ0n) is 28.0. The van der Waals surface area contributed by atoms with E-state index in [0.717, 1.165) is 44.2 Å². The van der Waals surface area contributed by atoms with Crippen LogP contribution in [0.2, 0.25) is 25.1 Å². The van der Waals surface area contributed by atoms with E-state index < -0.39 is 11.9 Å². The molecule has 7 aromatic rings. The van der Waals surface area contributed by atoms with E-state index in [-0.39, 0.29) is 5.56 Å². The Bertz CT molecular complexity index is 2560. The number of halogens is 6. The van der Waals surface area contributed by atoms with Crippen LogP contribution < -0.4 is 0 Å². The molecule has 0 radical (unpaired) electrons. The standard InChI is InChI=1S/C23H14Cl3NO2S.C17H10BrCl2NO2S/c1-12-2-6-18(24)16(8-12)15-5-3-14(9-17(15)23(28)29)22-27-21(11-30-22)13-4-7-19(25)20(26)10-13;1-23-17(22)11-6-10(2-4-12(11)18)16-21-15(8-24-16)9-3-5-13(19)14(20)7-9/h2-11H,1H3,(H,28,29);2-8H,1H3. The zero-order valence-corrected chi connectivity index (χ0v) is 35.0. The summed E-state index contributed by atoms with van der Waals surface area (Å²) < 4.78 is 5.47. The quantitative estimate of drug-likeness (QED) is 0.160. The second-order valence-corrected chi connectivity index (χ2v) is 16.2. The highest BCUT2D eigenvalue weighted by Crippen LogP contribution is 2.37. The summed E-state index contributed by atoms with van der Waals surface area (Å²) in [6.45, 7) is 1.94. The molecule has 0 aliphatic rings. The highest BCUT2D eigenvalue weighted by molar-refractivity contribution is 9.10. The van der Waals surface area contributed by atoms with Gasteiger partial charge < -0.3 is 9.84 Å². The first-order valence-electron chi connectivity index (χ1n) is 15.7. The number of ether oxygens (including phenoxy) is 1. The molecule has 0 fully saturated rings. The van der Waals surface area contributed by atoms with Gasteiger partial charge in [-0.1, -0.05) is 100.0 Å². The number of hydrogen-bond donors (Lipinski definition) is 1. The molecular weight excluding hydrogens is 894 g/mol. The molecule has 14 heteroatoms. The van der Waals surface area contributed by atoms with Crippen LogP contribution in [0.25, 0.3) is 54.8 Å². The highest BCUT2D eigenvalue weighted by Gasteiger charge is 2.18. The van der Waals surface area contributed by atoms with Gasteiger partial charge in [-0.2, -0.15) is 0 Å². The van der Waals surface area contributed by atoms with Crippen molar-refractivity contribution in [1.29, 1.82) is 0 Å². The van der Waals surface area contributed by atoms with Gasteiger partial charge in [0.1, 0.15) is 10.0 Å². The van der Waals surface area contributed by atoms with Crippen molar-refractivity contribution in [1.82, 2.24) is 9.97 Å². The topological polar surface area (TPSA) is 89.4 Å². The van der Waals surface area contributed by atoms with Crippen LogP contribution >= 0.6 is 96.6 Å². The van der Waals surface area contributed by atoms with Crippen molar-refractivity contribution < 1.29 is 19.4 Å². The van der Waals surface area contributed by atoms with E-state index in [1.165, 1.54) is 29.8 Å². The molecule has 6 nitrogen and oxygen atoms in total. The average Bonchev–Trinajstić information content (AvgIpc) is 3.86. The molecular formula is C40H24BrCl5N2O4S2. The number of benzene rings is 5. The molecule has 2 heterocycles. The normalized spacial score (nSPS) is 10.8. The molecule has 54 heavy (non-hydrogen) atoms. The smallest absolute Gasteiger partial charge is 0.339 e. The molecule has 0 atom stereocenters. The highest BCUT2D eigenvalue weighted by atomic mass is 79.9. The van der Waals surface area contributed by atoms with E-state index in [9.17, 15) is 14.7 Å². The predicted octanol–water partition coefficient (Wildman–Crippen LogP) is 14.4. The SMILES string of the molecule is COC(=O)c1cc(-c2nc(-c3ccc(Cl)c(Cl)c3)cs2)ccc1Br.Cc1ccc(Cl)c(-c2ccc(-c3nc(-c4ccc(Cl)c(Cl)c4)cs3)cc2C(=O)O)c1. The van der Waals surface area contributed by atoms with Crippen LogP contribution in [0.4, 0.5) is 0 Å². The Morgan fingerprint density at radius 2 is 1.11 bits per heavy atom. The summed E-state index contributed by atoms with van der Waals surface area (Å²) in [5.74, 6) is -1.42. The van der Waals surface area contributed by atoms with E-state index in [1.54, 1.807) is 48.5 Å². The second-order valence-electron chi connectivity index (χ2n) is 11.6. The van der Waals surface area contributed by atoms with Crippen molar-refractivity contribution in [3.8, 4) is 54.8 Å². The summed E-state index contributed by atoms with van der Waals surface area (Å²) in [6.07, 6.45) is 0. The van der Waals surface area contributed by atoms with Crippen LogP contribution in [0.3, 0.4) is 0 Å². The van der Waals surface area contributed by atoms with Gasteiger partial charge in [-0.15, -0.1) is 22.7 Å². The maximum atomic E-state index is 12.0. The van der Waals surface area contributed by atoms with E-state index in [0.29, 0.717) is 51.3 Å². The minimum atomic E-state index is -1.02. The van der Waals surface area contributed by atoms with Gasteiger partial charge in [0.05, 0.1) is 49.7 Å². The first-order valence-corrected chi connectivity index (χ1v) is 20.1. The molecule has 7 rings (SSSR count). The van der Waals surface area contributed by atoms with Gasteiger partial charge in [0.15, 0.2) is 0 Å². The fraction of sp³-hybridized carbons (Fsp3) is 0.0500. The van der Waals surface area contributed by atoms with Gasteiger partial charge in [0.25, 0.3) is 0 Å². The van der Waals surface area contributed by atoms with Crippen LogP contribution in [-0.2, 0) is 4.74 Å². The number of aromatic carboxylic acids is 1. The van der Waals surface area contributed by atoms with Gasteiger partial charge in [0.2, 0.25) is 0 Å². The largest absolute Gasteiger partial charge is 0.478 e. The lowest BCUT2D eigenvalue weighted by Crippen LogP contribution is -2.02. The van der Waals surface area contributed by atoms with Crippen LogP contribution in [0.15, 0.2) is 106 Å². The lowest BCUT2D eigenvalue weighted by molar-refractivity contribution is 0.0598. The number of hydrogen-bond acceptors (Lipinski definition) is 7. The Morgan fingerprint density at radius 3 is 1.63 bits per heavy atom. The fourth-order valence-electron chi connectivity index (χ4n) is 5.25. The molecule has 0 unspecified atom stereocenters. The number of carboxylic acid groups (broad SMARTS) is 1. The van der Waals surface area contributed by atoms with Crippen molar-refractivity contribution in [3.63, 3.8) is 0 Å². The number of esters is 1. The summed E-state index contributed by atoms with van der Waals surface area (Å²) in [5.41, 5.74) is 7.73. The number of carboxylic acids is 1. The van der Waals surface area contributed by atoms with Gasteiger partial charge in [0, 0.05) is 48.1 Å². The van der Waals surface area contributed by atoms with Crippen LogP contribution in [0.1, 0.15) is 26.3 Å². The maximum absolute atomic E-state index is 12.0. The number of carbonyl (C=O) groups excluding carboxylic acids is 1. The predicted molar refractivity (Wildman–Crippen MR) is 227 cm³/mol. The van der Waals surface area contributed by atoms with E-state index in [2.05, 4.69) is 25.9 Å². The molecule has 272 valence electrons. The third-order valence-electron chi connectivity index (χ3n) is 7.97. The Labute approximate surface area is 352 Å². The number of aromatic nitrogens is 2. The number of thiazole rings is 2. The van der Waals surface area contributed by atoms with Gasteiger partial charge in [-0.3, -0.25) is 0 Å². The molecule has 0 spiro atoms. The molecule has 5 aromatic carbocycles. The van der Waals surface area contributed by atoms with Crippen molar-refractivity contribution >= 4 is 109 Å². The monoisotopic (exact) mass is 914 g/mol. The summed E-state index contributed by atoms with van der Waals surface area (Å²) >= 11 is 36.7.